The van der Waals surface area contributed by atoms with Crippen molar-refractivity contribution in [2.24, 2.45) is 0 Å². The lowest BCUT2D eigenvalue weighted by atomic mass is 10.1. The number of rotatable bonds is 6. The number of nitrogens with one attached hydrogen (secondary N) is 2. The van der Waals surface area contributed by atoms with Crippen molar-refractivity contribution in [2.75, 3.05) is 27.9 Å². The van der Waals surface area contributed by atoms with Crippen LogP contribution in [0.5, 0.6) is 17.2 Å². The van der Waals surface area contributed by atoms with Crippen LogP contribution in [0.25, 0.3) is 0 Å². The molecule has 1 aromatic carbocycles. The molecule has 1 unspecified atom stereocenters. The van der Waals surface area contributed by atoms with Crippen molar-refractivity contribution in [3.8, 4) is 17.2 Å². The molecule has 2 rings (SSSR count). The normalized spacial score (nSPS) is 16.6. The Balaban J connectivity index is 0.00000242. The highest BCUT2D eigenvalue weighted by Gasteiger charge is 2.22. The van der Waals surface area contributed by atoms with E-state index in [9.17, 15) is 4.79 Å². The minimum atomic E-state index is -0.0970. The average molecular weight is 331 g/mol. The summed E-state index contributed by atoms with van der Waals surface area (Å²) in [6, 6.07) is 3.45. The van der Waals surface area contributed by atoms with E-state index in [1.165, 1.54) is 0 Å². The van der Waals surface area contributed by atoms with Crippen LogP contribution in [0.3, 0.4) is 0 Å². The number of amides is 1. The van der Waals surface area contributed by atoms with Gasteiger partial charge in [0.25, 0.3) is 0 Å². The van der Waals surface area contributed by atoms with Gasteiger partial charge in [-0.15, -0.1) is 12.4 Å². The van der Waals surface area contributed by atoms with Crippen LogP contribution in [0.1, 0.15) is 18.4 Å². The number of hydrogen-bond donors (Lipinski definition) is 2. The van der Waals surface area contributed by atoms with Gasteiger partial charge in [-0.3, -0.25) is 4.79 Å². The molecule has 0 saturated carbocycles. The van der Waals surface area contributed by atoms with Gasteiger partial charge < -0.3 is 24.8 Å². The van der Waals surface area contributed by atoms with E-state index in [1.807, 2.05) is 0 Å². The van der Waals surface area contributed by atoms with E-state index < -0.39 is 0 Å². The van der Waals surface area contributed by atoms with Crippen molar-refractivity contribution < 1.29 is 19.0 Å². The summed E-state index contributed by atoms with van der Waals surface area (Å²) in [6.45, 7) is 1.25. The standard InChI is InChI=1S/C15H22N2O4.ClH/c1-19-10-7-13(20-2)11(14(8-10)21-3)9-17-15(18)12-5-4-6-16-12;/h7-8,12,16H,4-6,9H2,1-3H3,(H,17,18);1H. The van der Waals surface area contributed by atoms with Crippen molar-refractivity contribution in [3.63, 3.8) is 0 Å². The molecule has 6 nitrogen and oxygen atoms in total. The summed E-state index contributed by atoms with van der Waals surface area (Å²) in [7, 11) is 4.75. The molecule has 0 spiro atoms. The Bertz CT molecular complexity index is 479. The summed E-state index contributed by atoms with van der Waals surface area (Å²) in [6.07, 6.45) is 1.91. The number of hydrogen-bond acceptors (Lipinski definition) is 5. The van der Waals surface area contributed by atoms with Crippen molar-refractivity contribution in [2.45, 2.75) is 25.4 Å². The summed E-state index contributed by atoms with van der Waals surface area (Å²) in [5, 5.41) is 6.10. The van der Waals surface area contributed by atoms with E-state index in [0.29, 0.717) is 23.8 Å². The number of halogens is 1. The largest absolute Gasteiger partial charge is 0.496 e. The predicted octanol–water partition coefficient (Wildman–Crippen LogP) is 1.50. The van der Waals surface area contributed by atoms with E-state index in [0.717, 1.165) is 24.9 Å². The monoisotopic (exact) mass is 330 g/mol. The maximum Gasteiger partial charge on any atom is 0.237 e. The Kier molecular flexibility index (Phi) is 7.27. The van der Waals surface area contributed by atoms with Crippen LogP contribution in [0, 0.1) is 0 Å². The highest BCUT2D eigenvalue weighted by atomic mass is 35.5. The second kappa shape index (κ2) is 8.70. The maximum absolute atomic E-state index is 12.1. The highest BCUT2D eigenvalue weighted by Crippen LogP contribution is 2.33. The third kappa shape index (κ3) is 4.18. The van der Waals surface area contributed by atoms with Gasteiger partial charge in [0.1, 0.15) is 17.2 Å². The van der Waals surface area contributed by atoms with Crippen LogP contribution in [0.4, 0.5) is 0 Å². The summed E-state index contributed by atoms with van der Waals surface area (Å²) in [5.41, 5.74) is 0.798. The first-order valence-corrected chi connectivity index (χ1v) is 6.99. The van der Waals surface area contributed by atoms with E-state index >= 15 is 0 Å². The average Bonchev–Trinajstić information content (AvgIpc) is 3.06. The van der Waals surface area contributed by atoms with Crippen molar-refractivity contribution in [1.29, 1.82) is 0 Å². The summed E-state index contributed by atoms with van der Waals surface area (Å²) >= 11 is 0. The van der Waals surface area contributed by atoms with Gasteiger partial charge in [0.15, 0.2) is 0 Å². The van der Waals surface area contributed by atoms with Crippen LogP contribution in [-0.2, 0) is 11.3 Å². The minimum Gasteiger partial charge on any atom is -0.496 e. The molecule has 22 heavy (non-hydrogen) atoms. The minimum absolute atomic E-state index is 0. The SMILES string of the molecule is COc1cc(OC)c(CNC(=O)C2CCCN2)c(OC)c1.Cl. The molecule has 1 fully saturated rings. The Labute approximate surface area is 136 Å². The van der Waals surface area contributed by atoms with Gasteiger partial charge in [0.05, 0.1) is 39.5 Å². The number of ether oxygens (including phenoxy) is 3. The Hall–Kier alpha value is -1.66. The molecule has 0 bridgehead atoms. The summed E-state index contributed by atoms with van der Waals surface area (Å²) in [5.74, 6) is 1.92. The first kappa shape index (κ1) is 18.4. The maximum atomic E-state index is 12.1. The molecule has 0 aliphatic carbocycles. The molecule has 0 aromatic heterocycles. The van der Waals surface area contributed by atoms with Crippen LogP contribution < -0.4 is 24.8 Å². The zero-order chi connectivity index (χ0) is 15.2. The lowest BCUT2D eigenvalue weighted by Gasteiger charge is -2.17. The molecule has 1 saturated heterocycles. The van der Waals surface area contributed by atoms with Crippen molar-refractivity contribution in [3.05, 3.63) is 17.7 Å². The van der Waals surface area contributed by atoms with Crippen LogP contribution in [-0.4, -0.2) is 39.8 Å². The molecule has 2 N–H and O–H groups in total. The highest BCUT2D eigenvalue weighted by molar-refractivity contribution is 5.85. The first-order valence-electron chi connectivity index (χ1n) is 6.99. The van der Waals surface area contributed by atoms with E-state index in [4.69, 9.17) is 14.2 Å². The smallest absolute Gasteiger partial charge is 0.237 e. The van der Waals surface area contributed by atoms with Crippen LogP contribution in [0.2, 0.25) is 0 Å². The zero-order valence-electron chi connectivity index (χ0n) is 13.1. The van der Waals surface area contributed by atoms with E-state index in [-0.39, 0.29) is 24.4 Å². The number of carbonyl (C=O) groups excluding carboxylic acids is 1. The fourth-order valence-corrected chi connectivity index (χ4v) is 2.46. The Morgan fingerprint density at radius 1 is 1.23 bits per heavy atom. The quantitative estimate of drug-likeness (QED) is 0.827. The van der Waals surface area contributed by atoms with Gasteiger partial charge in [0.2, 0.25) is 5.91 Å². The van der Waals surface area contributed by atoms with Gasteiger partial charge in [-0.05, 0) is 19.4 Å². The zero-order valence-corrected chi connectivity index (χ0v) is 13.9. The Morgan fingerprint density at radius 3 is 2.32 bits per heavy atom. The number of methoxy groups -OCH3 is 3. The number of carbonyl (C=O) groups is 1. The topological polar surface area (TPSA) is 68.8 Å². The Morgan fingerprint density at radius 2 is 1.86 bits per heavy atom. The molecule has 124 valence electrons. The molecule has 1 aliphatic rings. The summed E-state index contributed by atoms with van der Waals surface area (Å²) < 4.78 is 15.9. The van der Waals surface area contributed by atoms with Crippen LogP contribution >= 0.6 is 12.4 Å². The van der Waals surface area contributed by atoms with E-state index in [1.54, 1.807) is 33.5 Å². The van der Waals surface area contributed by atoms with Crippen molar-refractivity contribution in [1.82, 2.24) is 10.6 Å². The first-order chi connectivity index (χ1) is 10.2. The molecule has 1 heterocycles. The third-order valence-corrected chi connectivity index (χ3v) is 3.63. The second-order valence-corrected chi connectivity index (χ2v) is 4.88. The molecule has 1 atom stereocenters. The number of benzene rings is 1. The van der Waals surface area contributed by atoms with Crippen molar-refractivity contribution >= 4 is 18.3 Å². The molecule has 7 heteroatoms. The lowest BCUT2D eigenvalue weighted by molar-refractivity contribution is -0.122. The van der Waals surface area contributed by atoms with Crippen LogP contribution in [0.15, 0.2) is 12.1 Å². The third-order valence-electron chi connectivity index (χ3n) is 3.63. The van der Waals surface area contributed by atoms with Gasteiger partial charge >= 0.3 is 0 Å². The fourth-order valence-electron chi connectivity index (χ4n) is 2.46. The fraction of sp³-hybridized carbons (Fsp3) is 0.533. The van der Waals surface area contributed by atoms with Gasteiger partial charge in [-0.1, -0.05) is 0 Å². The molecular formula is C15H23ClN2O4. The molecular weight excluding hydrogens is 308 g/mol. The molecule has 1 amide bonds. The molecule has 1 aliphatic heterocycles. The van der Waals surface area contributed by atoms with Gasteiger partial charge in [-0.2, -0.15) is 0 Å². The molecule has 0 radical (unpaired) electrons. The van der Waals surface area contributed by atoms with Gasteiger partial charge in [0, 0.05) is 12.1 Å². The second-order valence-electron chi connectivity index (χ2n) is 4.88. The van der Waals surface area contributed by atoms with Gasteiger partial charge in [-0.25, -0.2) is 0 Å². The molecule has 1 aromatic rings. The predicted molar refractivity (Wildman–Crippen MR) is 86.2 cm³/mol. The van der Waals surface area contributed by atoms with E-state index in [2.05, 4.69) is 10.6 Å². The summed E-state index contributed by atoms with van der Waals surface area (Å²) in [4.78, 5) is 12.1. The lowest BCUT2D eigenvalue weighted by Crippen LogP contribution is -2.40.